The maximum Gasteiger partial charge on any atom is 0.173 e. The quantitative estimate of drug-likeness (QED) is 0.508. The van der Waals surface area contributed by atoms with Gasteiger partial charge in [-0.25, -0.2) is 9.55 Å². The molecule has 1 aliphatic rings. The van der Waals surface area contributed by atoms with E-state index < -0.39 is 0 Å². The molecule has 0 unspecified atom stereocenters. The van der Waals surface area contributed by atoms with E-state index in [1.54, 1.807) is 6.20 Å². The normalized spacial score (nSPS) is 19.7. The van der Waals surface area contributed by atoms with Crippen molar-refractivity contribution < 1.29 is 9.67 Å². The topological polar surface area (TPSA) is 78.4 Å². The number of aliphatic hydroxyl groups excluding tert-OH is 1. The Bertz CT molecular complexity index is 959. The first-order chi connectivity index (χ1) is 13.6. The van der Waals surface area contributed by atoms with E-state index in [-0.39, 0.29) is 18.6 Å². The van der Waals surface area contributed by atoms with Crippen molar-refractivity contribution in [2.45, 2.75) is 38.3 Å². The molecule has 0 saturated heterocycles. The van der Waals surface area contributed by atoms with Crippen molar-refractivity contribution in [3.8, 4) is 0 Å². The molecule has 0 aromatic carbocycles. The van der Waals surface area contributed by atoms with Crippen LogP contribution in [0.4, 0.5) is 11.6 Å². The fourth-order valence-corrected chi connectivity index (χ4v) is 4.24. The maximum absolute atomic E-state index is 9.71. The molecule has 148 valence electrons. The predicted molar refractivity (Wildman–Crippen MR) is 112 cm³/mol. The monoisotopic (exact) mass is 445 g/mol. The van der Waals surface area contributed by atoms with Crippen molar-refractivity contribution in [1.29, 1.82) is 0 Å². The average molecular weight is 446 g/mol. The number of nitrogens with zero attached hydrogens (tertiary/aromatic N) is 4. The van der Waals surface area contributed by atoms with Crippen molar-refractivity contribution in [1.82, 2.24) is 14.6 Å². The van der Waals surface area contributed by atoms with E-state index in [1.807, 2.05) is 34.5 Å². The fourth-order valence-electron chi connectivity index (χ4n) is 3.89. The number of fused-ring (bicyclic) bond motifs is 1. The summed E-state index contributed by atoms with van der Waals surface area (Å²) in [6.07, 6.45) is 10.4. The lowest BCUT2D eigenvalue weighted by Gasteiger charge is -2.31. The van der Waals surface area contributed by atoms with E-state index in [2.05, 4.69) is 43.9 Å². The van der Waals surface area contributed by atoms with Gasteiger partial charge in [0.1, 0.15) is 18.7 Å². The summed E-state index contributed by atoms with van der Waals surface area (Å²) >= 11 is 3.55. The summed E-state index contributed by atoms with van der Waals surface area (Å²) in [4.78, 5) is 4.74. The lowest BCUT2D eigenvalue weighted by Crippen LogP contribution is -2.34. The molecular formula is C20H26BrN6O+. The van der Waals surface area contributed by atoms with Crippen LogP contribution in [0.5, 0.6) is 0 Å². The smallest absolute Gasteiger partial charge is 0.173 e. The minimum Gasteiger partial charge on any atom is -0.396 e. The Balaban J connectivity index is 1.60. The molecule has 8 heteroatoms. The zero-order chi connectivity index (χ0) is 19.5. The number of aliphatic hydroxyl groups is 1. The summed E-state index contributed by atoms with van der Waals surface area (Å²) in [5, 5.41) is 21.2. The van der Waals surface area contributed by atoms with Crippen LogP contribution in [-0.4, -0.2) is 32.4 Å². The third-order valence-corrected chi connectivity index (χ3v) is 5.94. The van der Waals surface area contributed by atoms with Gasteiger partial charge in [0.15, 0.2) is 18.0 Å². The molecule has 1 saturated carbocycles. The van der Waals surface area contributed by atoms with Gasteiger partial charge in [-0.3, -0.25) is 0 Å². The number of anilines is 2. The molecule has 28 heavy (non-hydrogen) atoms. The number of pyridine rings is 1. The SMILES string of the molecule is C[n+]1cccc(CNc2cc(N[C@H]3CCCC[C@H]3CO)nc3c(Br)cnn23)c1. The van der Waals surface area contributed by atoms with Crippen LogP contribution in [0.3, 0.4) is 0 Å². The van der Waals surface area contributed by atoms with Crippen LogP contribution < -0.4 is 15.2 Å². The molecule has 0 radical (unpaired) electrons. The summed E-state index contributed by atoms with van der Waals surface area (Å²) in [7, 11) is 2.02. The van der Waals surface area contributed by atoms with Crippen molar-refractivity contribution in [3.63, 3.8) is 0 Å². The molecule has 0 bridgehead atoms. The van der Waals surface area contributed by atoms with Crippen molar-refractivity contribution in [2.75, 3.05) is 17.2 Å². The first-order valence-corrected chi connectivity index (χ1v) is 10.5. The van der Waals surface area contributed by atoms with E-state index in [9.17, 15) is 5.11 Å². The van der Waals surface area contributed by atoms with Gasteiger partial charge in [0, 0.05) is 42.8 Å². The Morgan fingerprint density at radius 2 is 2.21 bits per heavy atom. The number of hydrogen-bond acceptors (Lipinski definition) is 5. The second-order valence-corrected chi connectivity index (χ2v) is 8.32. The highest BCUT2D eigenvalue weighted by molar-refractivity contribution is 9.10. The molecule has 3 N–H and O–H groups in total. The van der Waals surface area contributed by atoms with Gasteiger partial charge in [0.05, 0.1) is 10.7 Å². The van der Waals surface area contributed by atoms with Gasteiger partial charge in [-0.15, -0.1) is 0 Å². The highest BCUT2D eigenvalue weighted by Gasteiger charge is 2.25. The molecule has 0 aliphatic heterocycles. The number of hydrogen-bond donors (Lipinski definition) is 3. The summed E-state index contributed by atoms with van der Waals surface area (Å²) in [6.45, 7) is 0.903. The summed E-state index contributed by atoms with van der Waals surface area (Å²) in [5.74, 6) is 1.96. The number of aromatic nitrogens is 4. The van der Waals surface area contributed by atoms with Crippen molar-refractivity contribution in [3.05, 3.63) is 46.8 Å². The first kappa shape index (κ1) is 19.1. The number of halogens is 1. The Hall–Kier alpha value is -2.19. The van der Waals surface area contributed by atoms with Crippen LogP contribution in [0.15, 0.2) is 41.3 Å². The van der Waals surface area contributed by atoms with Gasteiger partial charge in [-0.1, -0.05) is 12.8 Å². The van der Waals surface area contributed by atoms with Crippen LogP contribution >= 0.6 is 15.9 Å². The van der Waals surface area contributed by atoms with Crippen LogP contribution in [0, 0.1) is 5.92 Å². The molecule has 7 nitrogen and oxygen atoms in total. The third kappa shape index (κ3) is 4.12. The summed E-state index contributed by atoms with van der Waals surface area (Å²) in [5.41, 5.74) is 1.95. The van der Waals surface area contributed by atoms with Crippen molar-refractivity contribution in [2.24, 2.45) is 13.0 Å². The van der Waals surface area contributed by atoms with Crippen LogP contribution in [-0.2, 0) is 13.6 Å². The summed E-state index contributed by atoms with van der Waals surface area (Å²) < 4.78 is 4.70. The Labute approximate surface area is 172 Å². The predicted octanol–water partition coefficient (Wildman–Crippen LogP) is 2.89. The maximum atomic E-state index is 9.71. The molecule has 0 spiro atoms. The second kappa shape index (κ2) is 8.45. The number of aryl methyl sites for hydroxylation is 1. The minimum absolute atomic E-state index is 0.215. The van der Waals surface area contributed by atoms with Crippen LogP contribution in [0.2, 0.25) is 0 Å². The van der Waals surface area contributed by atoms with E-state index in [4.69, 9.17) is 4.98 Å². The zero-order valence-corrected chi connectivity index (χ0v) is 17.6. The first-order valence-electron chi connectivity index (χ1n) is 9.74. The Morgan fingerprint density at radius 3 is 3.04 bits per heavy atom. The Morgan fingerprint density at radius 1 is 1.36 bits per heavy atom. The van der Waals surface area contributed by atoms with E-state index in [1.165, 1.54) is 18.4 Å². The van der Waals surface area contributed by atoms with E-state index >= 15 is 0 Å². The van der Waals surface area contributed by atoms with Gasteiger partial charge in [0.2, 0.25) is 0 Å². The lowest BCUT2D eigenvalue weighted by molar-refractivity contribution is -0.671. The fraction of sp³-hybridized carbons (Fsp3) is 0.450. The van der Waals surface area contributed by atoms with E-state index in [0.717, 1.165) is 34.6 Å². The zero-order valence-electron chi connectivity index (χ0n) is 16.0. The molecule has 4 rings (SSSR count). The van der Waals surface area contributed by atoms with Gasteiger partial charge in [0.25, 0.3) is 0 Å². The highest BCUT2D eigenvalue weighted by Crippen LogP contribution is 2.28. The lowest BCUT2D eigenvalue weighted by atomic mass is 9.85. The molecule has 2 atom stereocenters. The molecule has 1 aliphatic carbocycles. The summed E-state index contributed by atoms with van der Waals surface area (Å²) in [6, 6.07) is 6.38. The molecule has 1 fully saturated rings. The molecule has 3 heterocycles. The van der Waals surface area contributed by atoms with Crippen LogP contribution in [0.1, 0.15) is 31.2 Å². The van der Waals surface area contributed by atoms with E-state index in [0.29, 0.717) is 6.54 Å². The highest BCUT2D eigenvalue weighted by atomic mass is 79.9. The van der Waals surface area contributed by atoms with Gasteiger partial charge >= 0.3 is 0 Å². The third-order valence-electron chi connectivity index (χ3n) is 5.38. The molecular weight excluding hydrogens is 420 g/mol. The molecule has 0 amide bonds. The molecule has 3 aromatic rings. The van der Waals surface area contributed by atoms with Gasteiger partial charge in [-0.2, -0.15) is 9.61 Å². The standard InChI is InChI=1S/C20H26BrN6O/c1-26-8-4-5-14(12-26)10-22-19-9-18(25-20-16(21)11-23-27(19)20)24-17-7-3-2-6-15(17)13-28/h4-5,8-9,11-12,15,17,22,28H,2-3,6-7,10,13H2,1H3,(H,24,25)/q+1/t15-,17-/m0/s1. The number of nitrogens with one attached hydrogen (secondary N) is 2. The van der Waals surface area contributed by atoms with Gasteiger partial charge < -0.3 is 15.7 Å². The Kier molecular flexibility index (Phi) is 5.77. The minimum atomic E-state index is 0.215. The second-order valence-electron chi connectivity index (χ2n) is 7.46. The van der Waals surface area contributed by atoms with Crippen LogP contribution in [0.25, 0.3) is 5.65 Å². The molecule has 3 aromatic heterocycles. The van der Waals surface area contributed by atoms with Crippen molar-refractivity contribution >= 4 is 33.2 Å². The average Bonchev–Trinajstić information content (AvgIpc) is 3.08. The van der Waals surface area contributed by atoms with Gasteiger partial charge in [-0.05, 0) is 34.8 Å². The number of rotatable bonds is 6. The largest absolute Gasteiger partial charge is 0.396 e.